The first-order valence-corrected chi connectivity index (χ1v) is 5.27. The number of nitrogens with zero attached hydrogens (tertiary/aromatic N) is 3. The summed E-state index contributed by atoms with van der Waals surface area (Å²) in [6.45, 7) is 3.50. The molecule has 0 aromatic carbocycles. The molecule has 0 saturated heterocycles. The van der Waals surface area contributed by atoms with E-state index in [0.717, 1.165) is 17.2 Å². The number of rotatable bonds is 2. The number of hydrogen-bond acceptors (Lipinski definition) is 6. The lowest BCUT2D eigenvalue weighted by atomic mass is 10.3. The van der Waals surface area contributed by atoms with Crippen molar-refractivity contribution in [1.82, 2.24) is 19.8 Å². The summed E-state index contributed by atoms with van der Waals surface area (Å²) in [6.07, 6.45) is 0. The van der Waals surface area contributed by atoms with E-state index in [2.05, 4.69) is 25.1 Å². The molecule has 8 heteroatoms. The third-order valence-electron chi connectivity index (χ3n) is 2.08. The Balaban J connectivity index is 2.20. The lowest BCUT2D eigenvalue weighted by Gasteiger charge is -2.00. The van der Waals surface area contributed by atoms with Crippen molar-refractivity contribution in [3.63, 3.8) is 0 Å². The number of carbonyl (C=O) groups is 1. The van der Waals surface area contributed by atoms with Gasteiger partial charge in [0.15, 0.2) is 5.82 Å². The summed E-state index contributed by atoms with van der Waals surface area (Å²) in [4.78, 5) is 12.2. The minimum absolute atomic E-state index is 0.300. The number of aromatic amines is 1. The van der Waals surface area contributed by atoms with Crippen LogP contribution >= 0.6 is 11.5 Å². The molecule has 0 atom stereocenters. The van der Waals surface area contributed by atoms with E-state index >= 15 is 0 Å². The Hall–Kier alpha value is -1.96. The largest absolute Gasteiger partial charge is 0.394 e. The quantitative estimate of drug-likeness (QED) is 0.713. The van der Waals surface area contributed by atoms with Crippen molar-refractivity contribution in [3.8, 4) is 0 Å². The van der Waals surface area contributed by atoms with Gasteiger partial charge in [0, 0.05) is 0 Å². The minimum Gasteiger partial charge on any atom is -0.394 e. The summed E-state index contributed by atoms with van der Waals surface area (Å²) in [5.74, 6) is 0.0287. The minimum atomic E-state index is -0.300. The molecule has 0 bridgehead atoms. The number of anilines is 2. The van der Waals surface area contributed by atoms with Gasteiger partial charge in [-0.2, -0.15) is 5.10 Å². The predicted molar refractivity (Wildman–Crippen MR) is 60.3 cm³/mol. The molecule has 0 fully saturated rings. The average Bonchev–Trinajstić information content (AvgIpc) is 2.79. The molecule has 2 aromatic heterocycles. The molecule has 0 radical (unpaired) electrons. The summed E-state index contributed by atoms with van der Waals surface area (Å²) < 4.78 is 3.68. The Morgan fingerprint density at radius 1 is 1.50 bits per heavy atom. The van der Waals surface area contributed by atoms with Gasteiger partial charge in [0.05, 0.1) is 17.1 Å². The van der Waals surface area contributed by atoms with Crippen LogP contribution in [0.25, 0.3) is 0 Å². The normalized spacial score (nSPS) is 10.4. The second-order valence-electron chi connectivity index (χ2n) is 3.25. The Morgan fingerprint density at radius 2 is 2.25 bits per heavy atom. The highest BCUT2D eigenvalue weighted by Gasteiger charge is 2.16. The van der Waals surface area contributed by atoms with Gasteiger partial charge in [-0.25, -0.2) is 0 Å². The number of nitrogens with two attached hydrogens (primary N) is 1. The van der Waals surface area contributed by atoms with Crippen LogP contribution in [0.2, 0.25) is 0 Å². The zero-order valence-corrected chi connectivity index (χ0v) is 9.55. The first-order valence-electron chi connectivity index (χ1n) is 4.50. The van der Waals surface area contributed by atoms with E-state index in [9.17, 15) is 4.79 Å². The van der Waals surface area contributed by atoms with Crippen molar-refractivity contribution < 1.29 is 4.79 Å². The second kappa shape index (κ2) is 3.89. The van der Waals surface area contributed by atoms with E-state index in [-0.39, 0.29) is 5.91 Å². The number of aryl methyl sites for hydroxylation is 2. The maximum absolute atomic E-state index is 11.8. The first-order chi connectivity index (χ1) is 7.59. The molecule has 16 heavy (non-hydrogen) atoms. The molecule has 1 amide bonds. The van der Waals surface area contributed by atoms with Crippen LogP contribution in [0, 0.1) is 13.8 Å². The molecule has 7 nitrogen and oxygen atoms in total. The highest BCUT2D eigenvalue weighted by atomic mass is 32.1. The van der Waals surface area contributed by atoms with Crippen molar-refractivity contribution in [2.24, 2.45) is 0 Å². The van der Waals surface area contributed by atoms with Crippen LogP contribution in [-0.4, -0.2) is 25.7 Å². The number of carbonyl (C=O) groups excluding carboxylic acids is 1. The van der Waals surface area contributed by atoms with E-state index in [4.69, 9.17) is 5.73 Å². The standard InChI is InChI=1S/C8H10N6OS/c1-3-5(9)7(13-11-3)10-8(15)6-4(2)12-14-16-6/h9H2,1-2H3,(H2,10,11,13,15). The van der Waals surface area contributed by atoms with Crippen molar-refractivity contribution in [2.75, 3.05) is 11.1 Å². The number of H-pyrrole nitrogens is 1. The van der Waals surface area contributed by atoms with Crippen LogP contribution in [0.5, 0.6) is 0 Å². The lowest BCUT2D eigenvalue weighted by molar-refractivity contribution is 0.102. The van der Waals surface area contributed by atoms with Crippen LogP contribution in [0.3, 0.4) is 0 Å². The molecule has 0 spiro atoms. The van der Waals surface area contributed by atoms with Crippen molar-refractivity contribution in [2.45, 2.75) is 13.8 Å². The Labute approximate surface area is 95.2 Å². The van der Waals surface area contributed by atoms with Crippen LogP contribution in [0.1, 0.15) is 21.1 Å². The Bertz CT molecular complexity index is 530. The maximum atomic E-state index is 11.8. The Kier molecular flexibility index (Phi) is 2.57. The van der Waals surface area contributed by atoms with Gasteiger partial charge >= 0.3 is 0 Å². The average molecular weight is 238 g/mol. The SMILES string of the molecule is Cc1nnsc1C(=O)Nc1n[nH]c(C)c1N. The van der Waals surface area contributed by atoms with Gasteiger partial charge in [0.2, 0.25) is 0 Å². The molecular weight excluding hydrogens is 228 g/mol. The zero-order chi connectivity index (χ0) is 11.7. The van der Waals surface area contributed by atoms with E-state index < -0.39 is 0 Å². The Morgan fingerprint density at radius 3 is 2.75 bits per heavy atom. The maximum Gasteiger partial charge on any atom is 0.270 e. The van der Waals surface area contributed by atoms with Gasteiger partial charge in [-0.1, -0.05) is 4.49 Å². The van der Waals surface area contributed by atoms with E-state index in [0.29, 0.717) is 22.1 Å². The fraction of sp³-hybridized carbons (Fsp3) is 0.250. The van der Waals surface area contributed by atoms with Gasteiger partial charge in [0.25, 0.3) is 5.91 Å². The summed E-state index contributed by atoms with van der Waals surface area (Å²) >= 11 is 1.04. The molecule has 2 aromatic rings. The first kappa shape index (κ1) is 10.6. The lowest BCUT2D eigenvalue weighted by Crippen LogP contribution is -2.13. The number of nitrogen functional groups attached to an aromatic ring is 1. The number of amides is 1. The molecule has 84 valence electrons. The molecule has 2 heterocycles. The molecule has 0 unspecified atom stereocenters. The third-order valence-corrected chi connectivity index (χ3v) is 2.91. The monoisotopic (exact) mass is 238 g/mol. The third kappa shape index (κ3) is 1.74. The molecular formula is C8H10N6OS. The van der Waals surface area contributed by atoms with Crippen LogP contribution in [-0.2, 0) is 0 Å². The molecule has 0 aliphatic rings. The van der Waals surface area contributed by atoms with Crippen molar-refractivity contribution >= 4 is 28.9 Å². The van der Waals surface area contributed by atoms with E-state index in [1.54, 1.807) is 13.8 Å². The second-order valence-corrected chi connectivity index (χ2v) is 4.01. The molecule has 4 N–H and O–H groups in total. The molecule has 0 saturated carbocycles. The molecule has 2 rings (SSSR count). The van der Waals surface area contributed by atoms with E-state index in [1.807, 2.05) is 0 Å². The predicted octanol–water partition coefficient (Wildman–Crippen LogP) is 0.713. The number of aromatic nitrogens is 4. The van der Waals surface area contributed by atoms with Crippen LogP contribution in [0.15, 0.2) is 0 Å². The summed E-state index contributed by atoms with van der Waals surface area (Å²) in [6, 6.07) is 0. The van der Waals surface area contributed by atoms with Crippen molar-refractivity contribution in [3.05, 3.63) is 16.3 Å². The summed E-state index contributed by atoms with van der Waals surface area (Å²) in [7, 11) is 0. The number of hydrogen-bond donors (Lipinski definition) is 3. The fourth-order valence-electron chi connectivity index (χ4n) is 1.14. The fourth-order valence-corrected chi connectivity index (χ4v) is 1.69. The molecule has 0 aliphatic heterocycles. The van der Waals surface area contributed by atoms with Crippen LogP contribution in [0.4, 0.5) is 11.5 Å². The highest BCUT2D eigenvalue weighted by molar-refractivity contribution is 7.08. The van der Waals surface area contributed by atoms with Gasteiger partial charge in [0.1, 0.15) is 4.88 Å². The summed E-state index contributed by atoms with van der Waals surface area (Å²) in [5.41, 5.74) is 7.45. The van der Waals surface area contributed by atoms with E-state index in [1.165, 1.54) is 0 Å². The van der Waals surface area contributed by atoms with Gasteiger partial charge in [-0.15, -0.1) is 5.10 Å². The van der Waals surface area contributed by atoms with Crippen molar-refractivity contribution in [1.29, 1.82) is 0 Å². The van der Waals surface area contributed by atoms with Gasteiger partial charge in [-0.3, -0.25) is 9.89 Å². The van der Waals surface area contributed by atoms with Gasteiger partial charge in [-0.05, 0) is 25.4 Å². The van der Waals surface area contributed by atoms with Gasteiger partial charge < -0.3 is 11.1 Å². The topological polar surface area (TPSA) is 110 Å². The molecule has 0 aliphatic carbocycles. The zero-order valence-electron chi connectivity index (χ0n) is 8.74. The smallest absolute Gasteiger partial charge is 0.270 e. The highest BCUT2D eigenvalue weighted by Crippen LogP contribution is 2.19. The summed E-state index contributed by atoms with van der Waals surface area (Å²) in [5, 5.41) is 12.9. The van der Waals surface area contributed by atoms with Crippen LogP contribution < -0.4 is 11.1 Å². The number of nitrogens with one attached hydrogen (secondary N) is 2.